The molecule has 0 fully saturated rings. The monoisotopic (exact) mass is 277 g/mol. The minimum absolute atomic E-state index is 0.233. The summed E-state index contributed by atoms with van der Waals surface area (Å²) < 4.78 is 11.5. The van der Waals surface area contributed by atoms with Crippen molar-refractivity contribution < 1.29 is 9.47 Å². The second-order valence-electron chi connectivity index (χ2n) is 4.81. The molecule has 2 N–H and O–H groups in total. The Balaban J connectivity index is 2.37. The van der Waals surface area contributed by atoms with E-state index < -0.39 is 0 Å². The lowest BCUT2D eigenvalue weighted by molar-refractivity contribution is 0.306. The fourth-order valence-corrected chi connectivity index (χ4v) is 2.48. The van der Waals surface area contributed by atoms with Crippen LogP contribution in [0.1, 0.15) is 25.3 Å². The maximum atomic E-state index is 5.83. The summed E-state index contributed by atoms with van der Waals surface area (Å²) in [6.07, 6.45) is 0. The van der Waals surface area contributed by atoms with Crippen LogP contribution in [0.25, 0.3) is 0 Å². The first kappa shape index (κ1) is 14.5. The highest BCUT2D eigenvalue weighted by atomic mass is 16.5. The van der Waals surface area contributed by atoms with Crippen LogP contribution in [0, 0.1) is 0 Å². The van der Waals surface area contributed by atoms with Crippen LogP contribution in [0.3, 0.4) is 0 Å². The largest absolute Gasteiger partial charge is 0.493 e. The Morgan fingerprint density at radius 2 is 1.85 bits per heavy atom. The first-order valence-electron chi connectivity index (χ1n) is 7.06. The van der Waals surface area contributed by atoms with Crippen molar-refractivity contribution in [2.24, 2.45) is 10.7 Å². The van der Waals surface area contributed by atoms with E-state index in [0.717, 1.165) is 23.6 Å². The summed E-state index contributed by atoms with van der Waals surface area (Å²) in [5.41, 5.74) is 6.92. The molecule has 0 aliphatic carbocycles. The molecule has 5 nitrogen and oxygen atoms in total. The van der Waals surface area contributed by atoms with Crippen molar-refractivity contribution in [1.82, 2.24) is 4.90 Å². The van der Waals surface area contributed by atoms with Gasteiger partial charge < -0.3 is 20.1 Å². The van der Waals surface area contributed by atoms with Crippen LogP contribution in [0.15, 0.2) is 23.2 Å². The molecule has 1 aliphatic rings. The Morgan fingerprint density at radius 1 is 1.25 bits per heavy atom. The van der Waals surface area contributed by atoms with E-state index >= 15 is 0 Å². The Hall–Kier alpha value is -1.91. The van der Waals surface area contributed by atoms with Gasteiger partial charge in [-0.1, -0.05) is 6.07 Å². The zero-order chi connectivity index (χ0) is 14.5. The molecule has 20 heavy (non-hydrogen) atoms. The van der Waals surface area contributed by atoms with Gasteiger partial charge in [0.1, 0.15) is 11.5 Å². The van der Waals surface area contributed by atoms with Crippen LogP contribution in [-0.4, -0.2) is 44.2 Å². The van der Waals surface area contributed by atoms with Gasteiger partial charge in [0.05, 0.1) is 19.8 Å². The molecule has 1 aromatic carbocycles. The van der Waals surface area contributed by atoms with E-state index in [9.17, 15) is 0 Å². The molecule has 0 bridgehead atoms. The first-order chi connectivity index (χ1) is 9.67. The SMILES string of the molecule is CCOc1cccc(OCC)c1C1CN=C(N)N(C)C1. The van der Waals surface area contributed by atoms with E-state index in [2.05, 4.69) is 4.99 Å². The molecule has 1 aliphatic heterocycles. The smallest absolute Gasteiger partial charge is 0.191 e. The Bertz CT molecular complexity index is 464. The van der Waals surface area contributed by atoms with Gasteiger partial charge in [-0.2, -0.15) is 0 Å². The number of nitrogens with two attached hydrogens (primary N) is 1. The van der Waals surface area contributed by atoms with Gasteiger partial charge in [0, 0.05) is 25.1 Å². The Labute approximate surface area is 120 Å². The van der Waals surface area contributed by atoms with Gasteiger partial charge in [-0.25, -0.2) is 0 Å². The fourth-order valence-electron chi connectivity index (χ4n) is 2.48. The highest BCUT2D eigenvalue weighted by Crippen LogP contribution is 2.37. The molecule has 0 aromatic heterocycles. The molecular weight excluding hydrogens is 254 g/mol. The molecule has 110 valence electrons. The predicted octanol–water partition coefficient (Wildman–Crippen LogP) is 1.83. The van der Waals surface area contributed by atoms with E-state index in [1.807, 2.05) is 44.0 Å². The first-order valence-corrected chi connectivity index (χ1v) is 7.06. The summed E-state index contributed by atoms with van der Waals surface area (Å²) in [5, 5.41) is 0. The molecule has 2 rings (SSSR count). The molecule has 1 atom stereocenters. The third-order valence-electron chi connectivity index (χ3n) is 3.39. The molecule has 0 spiro atoms. The van der Waals surface area contributed by atoms with Crippen LogP contribution in [0.4, 0.5) is 0 Å². The molecule has 0 radical (unpaired) electrons. The van der Waals surface area contributed by atoms with Crippen LogP contribution in [0.5, 0.6) is 11.5 Å². The summed E-state index contributed by atoms with van der Waals surface area (Å²) >= 11 is 0. The number of benzene rings is 1. The molecule has 1 unspecified atom stereocenters. The topological polar surface area (TPSA) is 60.1 Å². The summed E-state index contributed by atoms with van der Waals surface area (Å²) in [6, 6.07) is 5.94. The Morgan fingerprint density at radius 3 is 2.35 bits per heavy atom. The van der Waals surface area contributed by atoms with Crippen LogP contribution in [-0.2, 0) is 0 Å². The maximum absolute atomic E-state index is 5.83. The second-order valence-corrected chi connectivity index (χ2v) is 4.81. The van der Waals surface area contributed by atoms with Gasteiger partial charge in [-0.3, -0.25) is 4.99 Å². The number of nitrogens with zero attached hydrogens (tertiary/aromatic N) is 2. The molecule has 0 amide bonds. The van der Waals surface area contributed by atoms with Gasteiger partial charge in [-0.05, 0) is 26.0 Å². The zero-order valence-electron chi connectivity index (χ0n) is 12.4. The number of ether oxygens (including phenoxy) is 2. The molecule has 5 heteroatoms. The summed E-state index contributed by atoms with van der Waals surface area (Å²) in [4.78, 5) is 6.35. The molecule has 0 saturated heterocycles. The highest BCUT2D eigenvalue weighted by Gasteiger charge is 2.26. The van der Waals surface area contributed by atoms with E-state index in [1.54, 1.807) is 0 Å². The van der Waals surface area contributed by atoms with Gasteiger partial charge in [0.2, 0.25) is 0 Å². The van der Waals surface area contributed by atoms with E-state index in [4.69, 9.17) is 15.2 Å². The van der Waals surface area contributed by atoms with Crippen molar-refractivity contribution in [3.63, 3.8) is 0 Å². The predicted molar refractivity (Wildman–Crippen MR) is 80.6 cm³/mol. The second kappa shape index (κ2) is 6.50. The fraction of sp³-hybridized carbons (Fsp3) is 0.533. The maximum Gasteiger partial charge on any atom is 0.191 e. The molecule has 1 aromatic rings. The average molecular weight is 277 g/mol. The third-order valence-corrected chi connectivity index (χ3v) is 3.39. The van der Waals surface area contributed by atoms with Crippen molar-refractivity contribution in [3.05, 3.63) is 23.8 Å². The Kier molecular flexibility index (Phi) is 4.71. The number of guanidine groups is 1. The normalized spacial score (nSPS) is 18.6. The van der Waals surface area contributed by atoms with Crippen molar-refractivity contribution in [3.8, 4) is 11.5 Å². The van der Waals surface area contributed by atoms with Crippen molar-refractivity contribution in [2.45, 2.75) is 19.8 Å². The third kappa shape index (κ3) is 2.98. The number of hydrogen-bond acceptors (Lipinski definition) is 5. The quantitative estimate of drug-likeness (QED) is 0.892. The lowest BCUT2D eigenvalue weighted by Crippen LogP contribution is -2.41. The number of likely N-dealkylation sites (N-methyl/N-ethyl adjacent to an activating group) is 1. The van der Waals surface area contributed by atoms with Gasteiger partial charge >= 0.3 is 0 Å². The van der Waals surface area contributed by atoms with Crippen LogP contribution in [0.2, 0.25) is 0 Å². The van der Waals surface area contributed by atoms with E-state index in [-0.39, 0.29) is 5.92 Å². The van der Waals surface area contributed by atoms with Crippen LogP contribution < -0.4 is 15.2 Å². The number of rotatable bonds is 5. The number of aliphatic imine (C=N–C) groups is 1. The zero-order valence-corrected chi connectivity index (χ0v) is 12.4. The van der Waals surface area contributed by atoms with Crippen molar-refractivity contribution in [2.75, 3.05) is 33.4 Å². The lowest BCUT2D eigenvalue weighted by Gasteiger charge is -2.30. The summed E-state index contributed by atoms with van der Waals surface area (Å²) in [6.45, 7) is 6.73. The summed E-state index contributed by atoms with van der Waals surface area (Å²) in [7, 11) is 1.95. The van der Waals surface area contributed by atoms with E-state index in [1.165, 1.54) is 0 Å². The van der Waals surface area contributed by atoms with E-state index in [0.29, 0.717) is 25.7 Å². The standard InChI is InChI=1S/C15H23N3O2/c1-4-19-12-7-6-8-13(20-5-2)14(12)11-9-17-15(16)18(3)10-11/h6-8,11H,4-5,9-10H2,1-3H3,(H2,16,17). The minimum atomic E-state index is 0.233. The van der Waals surface area contributed by atoms with Crippen LogP contribution >= 0.6 is 0 Å². The molecule has 0 saturated carbocycles. The average Bonchev–Trinajstić information content (AvgIpc) is 2.43. The molecule has 1 heterocycles. The number of hydrogen-bond donors (Lipinski definition) is 1. The van der Waals surface area contributed by atoms with Gasteiger partial charge in [0.15, 0.2) is 5.96 Å². The highest BCUT2D eigenvalue weighted by molar-refractivity contribution is 5.78. The molecular formula is C15H23N3O2. The minimum Gasteiger partial charge on any atom is -0.493 e. The summed E-state index contributed by atoms with van der Waals surface area (Å²) in [5.74, 6) is 2.59. The lowest BCUT2D eigenvalue weighted by atomic mass is 9.95. The van der Waals surface area contributed by atoms with Crippen molar-refractivity contribution in [1.29, 1.82) is 0 Å². The van der Waals surface area contributed by atoms with Gasteiger partial charge in [0.25, 0.3) is 0 Å². The van der Waals surface area contributed by atoms with Gasteiger partial charge in [-0.15, -0.1) is 0 Å². The van der Waals surface area contributed by atoms with Crippen molar-refractivity contribution >= 4 is 5.96 Å².